The first-order chi connectivity index (χ1) is 15.0. The van der Waals surface area contributed by atoms with Crippen LogP contribution in [0.3, 0.4) is 0 Å². The fourth-order valence-corrected chi connectivity index (χ4v) is 3.80. The highest BCUT2D eigenvalue weighted by molar-refractivity contribution is 5.76. The fourth-order valence-electron chi connectivity index (χ4n) is 3.80. The number of anilines is 3. The molecule has 1 heterocycles. The monoisotopic (exact) mass is 426 g/mol. The summed E-state index contributed by atoms with van der Waals surface area (Å²) in [5.41, 5.74) is 3.68. The SMILES string of the molecule is CCOc1ncc(Nc2cc(C(CC)CC(=O)O)ccc2NC(CC)CC2CC2)cn1. The topological polar surface area (TPSA) is 96.4 Å². The number of nitrogens with zero attached hydrogens (tertiary/aromatic N) is 2. The van der Waals surface area contributed by atoms with Gasteiger partial charge in [-0.2, -0.15) is 0 Å². The molecule has 3 rings (SSSR count). The van der Waals surface area contributed by atoms with Gasteiger partial charge in [0.15, 0.2) is 0 Å². The Morgan fingerprint density at radius 2 is 1.90 bits per heavy atom. The summed E-state index contributed by atoms with van der Waals surface area (Å²) >= 11 is 0. The van der Waals surface area contributed by atoms with E-state index in [0.29, 0.717) is 18.7 Å². The number of hydrogen-bond acceptors (Lipinski definition) is 6. The van der Waals surface area contributed by atoms with E-state index < -0.39 is 5.97 Å². The Morgan fingerprint density at radius 3 is 2.48 bits per heavy atom. The Morgan fingerprint density at radius 1 is 1.16 bits per heavy atom. The Balaban J connectivity index is 1.86. The molecule has 1 aliphatic rings. The molecule has 2 atom stereocenters. The minimum atomic E-state index is -0.779. The molecule has 0 saturated heterocycles. The summed E-state index contributed by atoms with van der Waals surface area (Å²) in [5.74, 6) is 0.0313. The molecule has 2 unspecified atom stereocenters. The molecule has 3 N–H and O–H groups in total. The Bertz CT molecular complexity index is 852. The Hall–Kier alpha value is -2.83. The number of ether oxygens (including phenoxy) is 1. The summed E-state index contributed by atoms with van der Waals surface area (Å²) in [4.78, 5) is 19.8. The highest BCUT2D eigenvalue weighted by atomic mass is 16.5. The number of aliphatic carboxylic acids is 1. The van der Waals surface area contributed by atoms with Gasteiger partial charge in [-0.3, -0.25) is 4.79 Å². The number of nitrogens with one attached hydrogen (secondary N) is 2. The van der Waals surface area contributed by atoms with E-state index in [0.717, 1.165) is 41.4 Å². The number of benzene rings is 1. The lowest BCUT2D eigenvalue weighted by atomic mass is 9.92. The van der Waals surface area contributed by atoms with E-state index in [4.69, 9.17) is 4.74 Å². The zero-order valence-corrected chi connectivity index (χ0v) is 18.7. The third-order valence-electron chi connectivity index (χ3n) is 5.78. The van der Waals surface area contributed by atoms with Crippen LogP contribution in [0.5, 0.6) is 6.01 Å². The van der Waals surface area contributed by atoms with Crippen molar-refractivity contribution >= 4 is 23.0 Å². The number of carbonyl (C=O) groups is 1. The summed E-state index contributed by atoms with van der Waals surface area (Å²) in [6.45, 7) is 6.65. The maximum absolute atomic E-state index is 11.3. The van der Waals surface area contributed by atoms with Crippen molar-refractivity contribution in [1.82, 2.24) is 9.97 Å². The van der Waals surface area contributed by atoms with E-state index in [-0.39, 0.29) is 12.3 Å². The highest BCUT2D eigenvalue weighted by Gasteiger charge is 2.25. The van der Waals surface area contributed by atoms with Crippen molar-refractivity contribution in [1.29, 1.82) is 0 Å². The molecule has 1 aromatic carbocycles. The van der Waals surface area contributed by atoms with Crippen molar-refractivity contribution in [2.45, 2.75) is 71.3 Å². The van der Waals surface area contributed by atoms with Gasteiger partial charge in [-0.25, -0.2) is 9.97 Å². The summed E-state index contributed by atoms with van der Waals surface area (Å²) in [7, 11) is 0. The van der Waals surface area contributed by atoms with E-state index in [1.54, 1.807) is 12.4 Å². The molecular formula is C24H34N4O3. The predicted molar refractivity (Wildman–Crippen MR) is 123 cm³/mol. The van der Waals surface area contributed by atoms with Crippen LogP contribution in [0.2, 0.25) is 0 Å². The third-order valence-corrected chi connectivity index (χ3v) is 5.78. The zero-order valence-electron chi connectivity index (χ0n) is 18.7. The van der Waals surface area contributed by atoms with Gasteiger partial charge in [-0.05, 0) is 55.7 Å². The number of aromatic nitrogens is 2. The van der Waals surface area contributed by atoms with Crippen LogP contribution in [-0.2, 0) is 4.79 Å². The first-order valence-corrected chi connectivity index (χ1v) is 11.4. The first-order valence-electron chi connectivity index (χ1n) is 11.4. The molecule has 0 radical (unpaired) electrons. The van der Waals surface area contributed by atoms with Crippen molar-refractivity contribution < 1.29 is 14.6 Å². The standard InChI is InChI=1S/C24H34N4O3/c1-4-17(13-23(29)30)18-9-10-21(27-19(5-2)11-16-7-8-16)22(12-18)28-20-14-25-24(26-15-20)31-6-3/h9-10,12,14-17,19,27-28H,4-8,11,13H2,1-3H3,(H,29,30). The Labute approximate surface area is 184 Å². The average molecular weight is 427 g/mol. The van der Waals surface area contributed by atoms with Crippen LogP contribution in [-0.4, -0.2) is 33.7 Å². The zero-order chi connectivity index (χ0) is 22.2. The second-order valence-corrected chi connectivity index (χ2v) is 8.25. The van der Waals surface area contributed by atoms with Crippen LogP contribution in [0.25, 0.3) is 0 Å². The van der Waals surface area contributed by atoms with Crippen LogP contribution in [0.15, 0.2) is 30.6 Å². The van der Waals surface area contributed by atoms with Crippen LogP contribution >= 0.6 is 0 Å². The molecule has 7 nitrogen and oxygen atoms in total. The van der Waals surface area contributed by atoms with Gasteiger partial charge < -0.3 is 20.5 Å². The van der Waals surface area contributed by atoms with E-state index in [1.165, 1.54) is 19.3 Å². The molecule has 1 aliphatic carbocycles. The summed E-state index contributed by atoms with van der Waals surface area (Å²) < 4.78 is 5.33. The lowest BCUT2D eigenvalue weighted by molar-refractivity contribution is -0.137. The second-order valence-electron chi connectivity index (χ2n) is 8.25. The van der Waals surface area contributed by atoms with Crippen LogP contribution in [0.4, 0.5) is 17.1 Å². The van der Waals surface area contributed by atoms with Gasteiger partial charge in [-0.1, -0.05) is 32.8 Å². The largest absolute Gasteiger partial charge is 0.481 e. The molecule has 0 aliphatic heterocycles. The lowest BCUT2D eigenvalue weighted by Gasteiger charge is -2.23. The van der Waals surface area contributed by atoms with Crippen molar-refractivity contribution in [3.05, 3.63) is 36.2 Å². The molecule has 1 aromatic heterocycles. The van der Waals surface area contributed by atoms with Crippen molar-refractivity contribution in [2.24, 2.45) is 5.92 Å². The van der Waals surface area contributed by atoms with Crippen molar-refractivity contribution in [3.63, 3.8) is 0 Å². The average Bonchev–Trinajstić information content (AvgIpc) is 3.58. The lowest BCUT2D eigenvalue weighted by Crippen LogP contribution is -2.20. The number of carboxylic acids is 1. The van der Waals surface area contributed by atoms with Gasteiger partial charge >= 0.3 is 12.0 Å². The molecule has 0 amide bonds. The van der Waals surface area contributed by atoms with Crippen LogP contribution in [0.1, 0.15) is 70.8 Å². The van der Waals surface area contributed by atoms with Gasteiger partial charge in [0.05, 0.1) is 42.5 Å². The molecule has 0 bridgehead atoms. The van der Waals surface area contributed by atoms with Crippen LogP contribution < -0.4 is 15.4 Å². The van der Waals surface area contributed by atoms with E-state index in [1.807, 2.05) is 19.9 Å². The van der Waals surface area contributed by atoms with Crippen molar-refractivity contribution in [2.75, 3.05) is 17.2 Å². The first kappa shape index (κ1) is 22.8. The molecule has 7 heteroatoms. The van der Waals surface area contributed by atoms with Gasteiger partial charge in [0, 0.05) is 6.04 Å². The van der Waals surface area contributed by atoms with Crippen LogP contribution in [0, 0.1) is 5.92 Å². The summed E-state index contributed by atoms with van der Waals surface area (Å²) in [6, 6.07) is 6.93. The fraction of sp³-hybridized carbons (Fsp3) is 0.542. The van der Waals surface area contributed by atoms with Gasteiger partial charge in [-0.15, -0.1) is 0 Å². The number of carboxylic acid groups (broad SMARTS) is 1. The van der Waals surface area contributed by atoms with E-state index in [2.05, 4.69) is 39.7 Å². The van der Waals surface area contributed by atoms with E-state index >= 15 is 0 Å². The Kier molecular flexibility index (Phi) is 8.09. The molecule has 168 valence electrons. The minimum Gasteiger partial charge on any atom is -0.481 e. The second kappa shape index (κ2) is 11.0. The van der Waals surface area contributed by atoms with Crippen molar-refractivity contribution in [3.8, 4) is 6.01 Å². The smallest absolute Gasteiger partial charge is 0.316 e. The molecule has 0 spiro atoms. The van der Waals surface area contributed by atoms with Gasteiger partial charge in [0.2, 0.25) is 0 Å². The molecule has 2 aromatic rings. The molecule has 31 heavy (non-hydrogen) atoms. The maximum atomic E-state index is 11.3. The summed E-state index contributed by atoms with van der Waals surface area (Å²) in [5, 5.41) is 16.4. The minimum absolute atomic E-state index is 0.0304. The number of hydrogen-bond donors (Lipinski definition) is 3. The molecular weight excluding hydrogens is 392 g/mol. The normalized spacial score (nSPS) is 15.2. The number of rotatable bonds is 13. The van der Waals surface area contributed by atoms with E-state index in [9.17, 15) is 9.90 Å². The molecule has 1 fully saturated rings. The third kappa shape index (κ3) is 6.84. The predicted octanol–water partition coefficient (Wildman–Crippen LogP) is 5.58. The highest BCUT2D eigenvalue weighted by Crippen LogP contribution is 2.37. The molecule has 1 saturated carbocycles. The quantitative estimate of drug-likeness (QED) is 0.385. The maximum Gasteiger partial charge on any atom is 0.316 e. The van der Waals surface area contributed by atoms with Gasteiger partial charge in [0.25, 0.3) is 0 Å². The summed E-state index contributed by atoms with van der Waals surface area (Å²) in [6.07, 6.45) is 9.19. The van der Waals surface area contributed by atoms with Gasteiger partial charge in [0.1, 0.15) is 0 Å².